The molecule has 1 atom stereocenters. The van der Waals surface area contributed by atoms with Gasteiger partial charge in [-0.2, -0.15) is 4.52 Å². The summed E-state index contributed by atoms with van der Waals surface area (Å²) in [6.45, 7) is 1.98. The zero-order valence-corrected chi connectivity index (χ0v) is 13.5. The number of benzene rings is 1. The Morgan fingerprint density at radius 2 is 2.21 bits per heavy atom. The van der Waals surface area contributed by atoms with Crippen LogP contribution in [0.5, 0.6) is 0 Å². The molecule has 0 saturated carbocycles. The molecule has 0 aliphatic carbocycles. The van der Waals surface area contributed by atoms with Gasteiger partial charge in [-0.1, -0.05) is 12.1 Å². The number of fused-ring (bicyclic) bond motifs is 1. The summed E-state index contributed by atoms with van der Waals surface area (Å²) in [6, 6.07) is 10.6. The van der Waals surface area contributed by atoms with Gasteiger partial charge in [0.2, 0.25) is 0 Å². The van der Waals surface area contributed by atoms with Gasteiger partial charge in [-0.3, -0.25) is 0 Å². The van der Waals surface area contributed by atoms with E-state index in [4.69, 9.17) is 0 Å². The van der Waals surface area contributed by atoms with Gasteiger partial charge in [0, 0.05) is 25.2 Å². The fourth-order valence-electron chi connectivity index (χ4n) is 3.13. The summed E-state index contributed by atoms with van der Waals surface area (Å²) in [5.74, 6) is 1.08. The Hall–Kier alpha value is -2.54. The number of aromatic nitrogens is 4. The smallest absolute Gasteiger partial charge is 0.185 e. The number of hydrogen-bond acceptors (Lipinski definition) is 5. The second-order valence-corrected chi connectivity index (χ2v) is 6.17. The lowest BCUT2D eigenvalue weighted by Gasteiger charge is -2.22. The predicted molar refractivity (Wildman–Crippen MR) is 90.5 cm³/mol. The third kappa shape index (κ3) is 2.82. The van der Waals surface area contributed by atoms with Crippen LogP contribution in [0.15, 0.2) is 36.4 Å². The number of likely N-dealkylation sites (N-methyl/N-ethyl adjacent to an activating group) is 1. The Morgan fingerprint density at radius 3 is 3.00 bits per heavy atom. The number of halogens is 1. The first-order chi connectivity index (χ1) is 11.7. The second-order valence-electron chi connectivity index (χ2n) is 6.17. The minimum Gasteiger partial charge on any atom is -0.357 e. The summed E-state index contributed by atoms with van der Waals surface area (Å²) in [7, 11) is 2.03. The van der Waals surface area contributed by atoms with Crippen molar-refractivity contribution in [1.29, 1.82) is 0 Å². The maximum atomic E-state index is 13.5. The van der Waals surface area contributed by atoms with Crippen molar-refractivity contribution in [2.75, 3.05) is 25.0 Å². The van der Waals surface area contributed by atoms with Gasteiger partial charge in [-0.25, -0.2) is 4.39 Å². The number of anilines is 1. The maximum absolute atomic E-state index is 13.5. The largest absolute Gasteiger partial charge is 0.357 e. The van der Waals surface area contributed by atoms with E-state index in [1.54, 1.807) is 16.6 Å². The molecular formula is C17H19FN6. The van der Waals surface area contributed by atoms with Crippen LogP contribution in [-0.4, -0.2) is 46.0 Å². The Kier molecular flexibility index (Phi) is 3.86. The van der Waals surface area contributed by atoms with Crippen molar-refractivity contribution in [2.45, 2.75) is 18.9 Å². The van der Waals surface area contributed by atoms with Crippen LogP contribution in [0.25, 0.3) is 17.0 Å². The zero-order valence-electron chi connectivity index (χ0n) is 13.5. The highest BCUT2D eigenvalue weighted by Gasteiger charge is 2.18. The molecule has 3 aromatic rings. The van der Waals surface area contributed by atoms with E-state index in [1.807, 2.05) is 19.2 Å². The normalized spacial score (nSPS) is 17.5. The van der Waals surface area contributed by atoms with Crippen molar-refractivity contribution >= 4 is 11.5 Å². The first kappa shape index (κ1) is 15.0. The van der Waals surface area contributed by atoms with Crippen LogP contribution >= 0.6 is 0 Å². The standard InChI is InChI=1S/C17H19FN6/c1-23(11-14-6-3-9-19-14)16-8-7-15-20-21-17(24(15)22-16)12-4-2-5-13(18)10-12/h2,4-5,7-8,10,14,19H,3,6,9,11H2,1H3/t14-/m1/s1. The van der Waals surface area contributed by atoms with E-state index in [0.29, 0.717) is 23.1 Å². The monoisotopic (exact) mass is 326 g/mol. The molecule has 0 bridgehead atoms. The lowest BCUT2D eigenvalue weighted by molar-refractivity contribution is 0.595. The molecule has 1 saturated heterocycles. The first-order valence-electron chi connectivity index (χ1n) is 8.13. The van der Waals surface area contributed by atoms with E-state index in [2.05, 4.69) is 25.5 Å². The van der Waals surface area contributed by atoms with Crippen LogP contribution in [0.4, 0.5) is 10.2 Å². The van der Waals surface area contributed by atoms with Crippen LogP contribution in [0.1, 0.15) is 12.8 Å². The SMILES string of the molecule is CN(C[C@H]1CCCN1)c1ccc2nnc(-c3cccc(F)c3)n2n1. The molecule has 3 heterocycles. The summed E-state index contributed by atoms with van der Waals surface area (Å²) in [5.41, 5.74) is 1.30. The van der Waals surface area contributed by atoms with Crippen molar-refractivity contribution < 1.29 is 4.39 Å². The average Bonchev–Trinajstić information content (AvgIpc) is 3.23. The van der Waals surface area contributed by atoms with Crippen molar-refractivity contribution in [3.8, 4) is 11.4 Å². The van der Waals surface area contributed by atoms with E-state index in [9.17, 15) is 4.39 Å². The minimum atomic E-state index is -0.301. The highest BCUT2D eigenvalue weighted by Crippen LogP contribution is 2.20. The summed E-state index contributed by atoms with van der Waals surface area (Å²) in [5, 5.41) is 16.4. The molecule has 6 nitrogen and oxygen atoms in total. The highest BCUT2D eigenvalue weighted by molar-refractivity contribution is 5.59. The van der Waals surface area contributed by atoms with E-state index in [-0.39, 0.29) is 5.82 Å². The van der Waals surface area contributed by atoms with Crippen molar-refractivity contribution in [3.05, 3.63) is 42.2 Å². The summed E-state index contributed by atoms with van der Waals surface area (Å²) in [6.07, 6.45) is 2.41. The molecule has 7 heteroatoms. The molecule has 124 valence electrons. The molecule has 1 fully saturated rings. The quantitative estimate of drug-likeness (QED) is 0.796. The number of nitrogens with zero attached hydrogens (tertiary/aromatic N) is 5. The Balaban J connectivity index is 1.67. The number of hydrogen-bond donors (Lipinski definition) is 1. The fraction of sp³-hybridized carbons (Fsp3) is 0.353. The lowest BCUT2D eigenvalue weighted by Crippen LogP contribution is -2.35. The van der Waals surface area contributed by atoms with E-state index in [0.717, 1.165) is 18.9 Å². The van der Waals surface area contributed by atoms with E-state index < -0.39 is 0 Å². The molecule has 2 aromatic heterocycles. The molecular weight excluding hydrogens is 307 g/mol. The van der Waals surface area contributed by atoms with Gasteiger partial charge in [0.15, 0.2) is 11.5 Å². The van der Waals surface area contributed by atoms with Crippen LogP contribution in [0, 0.1) is 5.82 Å². The van der Waals surface area contributed by atoms with Crippen LogP contribution in [0.3, 0.4) is 0 Å². The van der Waals surface area contributed by atoms with Crippen molar-refractivity contribution in [2.24, 2.45) is 0 Å². The van der Waals surface area contributed by atoms with Crippen molar-refractivity contribution in [1.82, 2.24) is 25.1 Å². The van der Waals surface area contributed by atoms with Gasteiger partial charge < -0.3 is 10.2 Å². The van der Waals surface area contributed by atoms with E-state index in [1.165, 1.54) is 25.0 Å². The molecule has 1 aromatic carbocycles. The molecule has 0 amide bonds. The van der Waals surface area contributed by atoms with Crippen LogP contribution < -0.4 is 10.2 Å². The third-order valence-electron chi connectivity index (χ3n) is 4.38. The average molecular weight is 326 g/mol. The minimum absolute atomic E-state index is 0.301. The Morgan fingerprint density at radius 1 is 1.29 bits per heavy atom. The molecule has 1 aliphatic rings. The Bertz CT molecular complexity index is 855. The van der Waals surface area contributed by atoms with Crippen LogP contribution in [0.2, 0.25) is 0 Å². The molecule has 1 aliphatic heterocycles. The summed E-state index contributed by atoms with van der Waals surface area (Å²) in [4.78, 5) is 2.12. The highest BCUT2D eigenvalue weighted by atomic mass is 19.1. The fourth-order valence-corrected chi connectivity index (χ4v) is 3.13. The van der Waals surface area contributed by atoms with Gasteiger partial charge in [0.05, 0.1) is 0 Å². The van der Waals surface area contributed by atoms with Gasteiger partial charge >= 0.3 is 0 Å². The summed E-state index contributed by atoms with van der Waals surface area (Å²) < 4.78 is 15.2. The molecule has 0 spiro atoms. The summed E-state index contributed by atoms with van der Waals surface area (Å²) >= 11 is 0. The van der Waals surface area contributed by atoms with Gasteiger partial charge in [0.1, 0.15) is 11.6 Å². The second kappa shape index (κ2) is 6.16. The Labute approximate surface area is 139 Å². The van der Waals surface area contributed by atoms with Gasteiger partial charge in [-0.05, 0) is 43.7 Å². The predicted octanol–water partition coefficient (Wildman–Crippen LogP) is 2.12. The first-order valence-corrected chi connectivity index (χ1v) is 8.13. The van der Waals surface area contributed by atoms with Crippen LogP contribution in [-0.2, 0) is 0 Å². The van der Waals surface area contributed by atoms with E-state index >= 15 is 0 Å². The maximum Gasteiger partial charge on any atom is 0.185 e. The molecule has 0 radical (unpaired) electrons. The zero-order chi connectivity index (χ0) is 16.5. The van der Waals surface area contributed by atoms with Gasteiger partial charge in [-0.15, -0.1) is 15.3 Å². The number of nitrogens with one attached hydrogen (secondary N) is 1. The number of rotatable bonds is 4. The third-order valence-corrected chi connectivity index (χ3v) is 4.38. The molecule has 4 rings (SSSR count). The van der Waals surface area contributed by atoms with Gasteiger partial charge in [0.25, 0.3) is 0 Å². The molecule has 1 N–H and O–H groups in total. The van der Waals surface area contributed by atoms with Crippen molar-refractivity contribution in [3.63, 3.8) is 0 Å². The molecule has 0 unspecified atom stereocenters. The molecule has 24 heavy (non-hydrogen) atoms. The topological polar surface area (TPSA) is 58.3 Å². The lowest BCUT2D eigenvalue weighted by atomic mass is 10.2.